The Balaban J connectivity index is 1.77. The molecule has 1 saturated heterocycles. The Bertz CT molecular complexity index is 1120. The van der Waals surface area contributed by atoms with Gasteiger partial charge in [-0.2, -0.15) is 0 Å². The first-order chi connectivity index (χ1) is 13.6. The van der Waals surface area contributed by atoms with Gasteiger partial charge in [0.2, 0.25) is 0 Å². The molecule has 2 aromatic heterocycles. The molecule has 3 aromatic rings. The number of pyridine rings is 1. The summed E-state index contributed by atoms with van der Waals surface area (Å²) < 4.78 is 1.88. The zero-order valence-electron chi connectivity index (χ0n) is 15.0. The molecule has 0 atom stereocenters. The lowest BCUT2D eigenvalue weighted by atomic mass is 10.1. The maximum Gasteiger partial charge on any atom is 0.336 e. The third kappa shape index (κ3) is 2.99. The van der Waals surface area contributed by atoms with Crippen LogP contribution in [0.15, 0.2) is 72.7 Å². The molecular formula is C21H16N4O3. The van der Waals surface area contributed by atoms with E-state index in [2.05, 4.69) is 10.3 Å². The summed E-state index contributed by atoms with van der Waals surface area (Å²) in [6, 6.07) is 13.8. The summed E-state index contributed by atoms with van der Waals surface area (Å²) in [5.41, 5.74) is 2.79. The molecule has 0 spiro atoms. The molecule has 1 N–H and O–H groups in total. The number of carbonyl (C=O) groups excluding carboxylic acids is 3. The predicted molar refractivity (Wildman–Crippen MR) is 104 cm³/mol. The first kappa shape index (κ1) is 17.4. The summed E-state index contributed by atoms with van der Waals surface area (Å²) in [6.45, 7) is 1.98. The number of urea groups is 1. The SMILES string of the molecule is Cc1ccccc1-n1cccc1/C=C1\C(=O)NC(=O)N(c2cccnc2)C1=O. The van der Waals surface area contributed by atoms with Gasteiger partial charge in [-0.15, -0.1) is 0 Å². The second-order valence-corrected chi connectivity index (χ2v) is 6.26. The lowest BCUT2D eigenvalue weighted by Crippen LogP contribution is -2.54. The van der Waals surface area contributed by atoms with Crippen LogP contribution in [0.25, 0.3) is 11.8 Å². The average molecular weight is 372 g/mol. The average Bonchev–Trinajstić information content (AvgIpc) is 3.14. The Morgan fingerprint density at radius 1 is 1.00 bits per heavy atom. The minimum absolute atomic E-state index is 0.128. The van der Waals surface area contributed by atoms with Crippen LogP contribution in [-0.4, -0.2) is 27.4 Å². The van der Waals surface area contributed by atoms with Crippen LogP contribution in [0, 0.1) is 6.92 Å². The van der Waals surface area contributed by atoms with Crippen molar-refractivity contribution in [2.45, 2.75) is 6.92 Å². The number of hydrogen-bond donors (Lipinski definition) is 1. The van der Waals surface area contributed by atoms with Gasteiger partial charge in [0, 0.05) is 23.8 Å². The van der Waals surface area contributed by atoms with Gasteiger partial charge in [0.25, 0.3) is 11.8 Å². The maximum absolute atomic E-state index is 12.9. The van der Waals surface area contributed by atoms with E-state index in [4.69, 9.17) is 0 Å². The summed E-state index contributed by atoms with van der Waals surface area (Å²) in [4.78, 5) is 42.3. The third-order valence-corrected chi connectivity index (χ3v) is 4.45. The highest BCUT2D eigenvalue weighted by Crippen LogP contribution is 2.23. The molecule has 3 heterocycles. The molecule has 0 unspecified atom stereocenters. The maximum atomic E-state index is 12.9. The molecule has 1 aromatic carbocycles. The molecule has 0 bridgehead atoms. The third-order valence-electron chi connectivity index (χ3n) is 4.45. The van der Waals surface area contributed by atoms with Crippen LogP contribution in [0.4, 0.5) is 10.5 Å². The highest BCUT2D eigenvalue weighted by molar-refractivity contribution is 6.39. The molecular weight excluding hydrogens is 356 g/mol. The molecule has 28 heavy (non-hydrogen) atoms. The second-order valence-electron chi connectivity index (χ2n) is 6.26. The first-order valence-corrected chi connectivity index (χ1v) is 8.61. The largest absolute Gasteiger partial charge is 0.336 e. The van der Waals surface area contributed by atoms with Gasteiger partial charge in [-0.1, -0.05) is 18.2 Å². The van der Waals surface area contributed by atoms with Crippen molar-refractivity contribution in [3.05, 3.63) is 84.0 Å². The smallest absolute Gasteiger partial charge is 0.317 e. The number of barbiturate groups is 1. The zero-order chi connectivity index (χ0) is 19.7. The van der Waals surface area contributed by atoms with Gasteiger partial charge in [-0.05, 0) is 48.9 Å². The Kier molecular flexibility index (Phi) is 4.33. The molecule has 1 fully saturated rings. The van der Waals surface area contributed by atoms with Crippen molar-refractivity contribution in [1.29, 1.82) is 0 Å². The van der Waals surface area contributed by atoms with Crippen LogP contribution in [-0.2, 0) is 9.59 Å². The van der Waals surface area contributed by atoms with Gasteiger partial charge in [-0.3, -0.25) is 19.9 Å². The van der Waals surface area contributed by atoms with E-state index >= 15 is 0 Å². The number of para-hydroxylation sites is 1. The fraction of sp³-hybridized carbons (Fsp3) is 0.0476. The standard InChI is InChI=1S/C21H16N4O3/c1-14-6-2-3-9-18(14)24-11-5-8-15(24)12-17-19(26)23-21(28)25(20(17)27)16-7-4-10-22-13-16/h2-13H,1H3,(H,23,26,28)/b17-12+. The summed E-state index contributed by atoms with van der Waals surface area (Å²) >= 11 is 0. The quantitative estimate of drug-likeness (QED) is 0.566. The van der Waals surface area contributed by atoms with E-state index in [9.17, 15) is 14.4 Å². The Hall–Kier alpha value is -4.00. The van der Waals surface area contributed by atoms with Crippen molar-refractivity contribution >= 4 is 29.6 Å². The Morgan fingerprint density at radius 3 is 2.57 bits per heavy atom. The fourth-order valence-electron chi connectivity index (χ4n) is 3.09. The van der Waals surface area contributed by atoms with E-state index < -0.39 is 17.8 Å². The van der Waals surface area contributed by atoms with Crippen LogP contribution in [0.1, 0.15) is 11.3 Å². The minimum atomic E-state index is -0.797. The number of amides is 4. The fourth-order valence-corrected chi connectivity index (χ4v) is 3.09. The van der Waals surface area contributed by atoms with Crippen LogP contribution in [0.5, 0.6) is 0 Å². The molecule has 0 saturated carbocycles. The molecule has 1 aliphatic rings. The number of anilines is 1. The van der Waals surface area contributed by atoms with Gasteiger partial charge >= 0.3 is 6.03 Å². The normalized spacial score (nSPS) is 15.8. The zero-order valence-corrected chi connectivity index (χ0v) is 15.0. The monoisotopic (exact) mass is 372 g/mol. The van der Waals surface area contributed by atoms with E-state index in [-0.39, 0.29) is 11.3 Å². The second kappa shape index (κ2) is 6.96. The van der Waals surface area contributed by atoms with Crippen LogP contribution in [0.2, 0.25) is 0 Å². The van der Waals surface area contributed by atoms with Crippen LogP contribution in [0.3, 0.4) is 0 Å². The van der Waals surface area contributed by atoms with Crippen LogP contribution < -0.4 is 10.2 Å². The van der Waals surface area contributed by atoms with Crippen molar-refractivity contribution in [2.75, 3.05) is 4.90 Å². The van der Waals surface area contributed by atoms with E-state index in [1.54, 1.807) is 18.2 Å². The van der Waals surface area contributed by atoms with Gasteiger partial charge in [0.15, 0.2) is 0 Å². The summed E-state index contributed by atoms with van der Waals surface area (Å²) in [7, 11) is 0. The lowest BCUT2D eigenvalue weighted by Gasteiger charge is -2.26. The summed E-state index contributed by atoms with van der Waals surface area (Å²) in [5, 5.41) is 2.21. The first-order valence-electron chi connectivity index (χ1n) is 8.61. The number of nitrogens with zero attached hydrogens (tertiary/aromatic N) is 3. The molecule has 0 aliphatic carbocycles. The molecule has 7 nitrogen and oxygen atoms in total. The van der Waals surface area contributed by atoms with Gasteiger partial charge in [0.1, 0.15) is 5.57 Å². The van der Waals surface area contributed by atoms with Gasteiger partial charge < -0.3 is 4.57 Å². The topological polar surface area (TPSA) is 84.3 Å². The molecule has 4 rings (SSSR count). The lowest BCUT2D eigenvalue weighted by molar-refractivity contribution is -0.122. The van der Waals surface area contributed by atoms with Gasteiger partial charge in [0.05, 0.1) is 11.9 Å². The molecule has 1 aliphatic heterocycles. The van der Waals surface area contributed by atoms with E-state index in [0.29, 0.717) is 5.69 Å². The van der Waals surface area contributed by atoms with Crippen molar-refractivity contribution < 1.29 is 14.4 Å². The van der Waals surface area contributed by atoms with E-state index in [1.807, 2.05) is 48.0 Å². The predicted octanol–water partition coefficient (Wildman–Crippen LogP) is 2.85. The van der Waals surface area contributed by atoms with E-state index in [0.717, 1.165) is 16.2 Å². The summed E-state index contributed by atoms with van der Waals surface area (Å²) in [5.74, 6) is -1.42. The van der Waals surface area contributed by atoms with Crippen molar-refractivity contribution in [3.8, 4) is 5.69 Å². The number of carbonyl (C=O) groups is 3. The number of nitrogens with one attached hydrogen (secondary N) is 1. The summed E-state index contributed by atoms with van der Waals surface area (Å²) in [6.07, 6.45) is 6.26. The molecule has 4 amide bonds. The number of rotatable bonds is 3. The Morgan fingerprint density at radius 2 is 1.82 bits per heavy atom. The van der Waals surface area contributed by atoms with Gasteiger partial charge in [-0.25, -0.2) is 9.69 Å². The molecule has 0 radical (unpaired) electrons. The van der Waals surface area contributed by atoms with Crippen molar-refractivity contribution in [2.24, 2.45) is 0 Å². The number of imide groups is 2. The highest BCUT2D eigenvalue weighted by Gasteiger charge is 2.37. The highest BCUT2D eigenvalue weighted by atomic mass is 16.2. The Labute approximate surface area is 160 Å². The van der Waals surface area contributed by atoms with Crippen LogP contribution >= 0.6 is 0 Å². The van der Waals surface area contributed by atoms with Crippen molar-refractivity contribution in [1.82, 2.24) is 14.9 Å². The number of hydrogen-bond acceptors (Lipinski definition) is 4. The minimum Gasteiger partial charge on any atom is -0.317 e. The van der Waals surface area contributed by atoms with Crippen molar-refractivity contribution in [3.63, 3.8) is 0 Å². The van der Waals surface area contributed by atoms with E-state index in [1.165, 1.54) is 18.5 Å². The number of aryl methyl sites for hydroxylation is 1. The molecule has 7 heteroatoms. The number of benzene rings is 1. The number of aromatic nitrogens is 2. The molecule has 138 valence electrons.